The number of aryl methyl sites for hydroxylation is 2. The van der Waals surface area contributed by atoms with Crippen molar-refractivity contribution in [2.75, 3.05) is 18.6 Å². The Morgan fingerprint density at radius 2 is 1.69 bits per heavy atom. The first-order valence-corrected chi connectivity index (χ1v) is 14.9. The number of hydrogen-bond acceptors (Lipinski definition) is 7. The molecule has 0 saturated heterocycles. The van der Waals surface area contributed by atoms with Crippen LogP contribution in [-0.2, 0) is 28.9 Å². The number of para-hydroxylation sites is 1. The quantitative estimate of drug-likeness (QED) is 0.141. The van der Waals surface area contributed by atoms with Crippen molar-refractivity contribution in [3.63, 3.8) is 0 Å². The molecule has 42 heavy (non-hydrogen) atoms. The number of benzene rings is 2. The average Bonchev–Trinajstić information content (AvgIpc) is 3.71. The number of fused-ring (bicyclic) bond motifs is 1. The lowest BCUT2D eigenvalue weighted by molar-refractivity contribution is -0.143. The molecule has 0 atom stereocenters. The highest BCUT2D eigenvalue weighted by molar-refractivity contribution is 7.15. The number of anilines is 1. The maximum Gasteiger partial charge on any atom is 0.325 e. The summed E-state index contributed by atoms with van der Waals surface area (Å²) in [4.78, 5) is 42.8. The molecule has 5 rings (SSSR count). The standard InChI is InChI=1S/C31H30ClN5O4S/c1-5-20-17-22(28(39)21-13-9-10-14-23(21)32)30(42-20)37-26(6-2)33-34-31(37)35(4)29(40)25-16-19-12-8-11-15-24(19)36(25)18-27(38)41-7-3/h8-17H,5-7,18H2,1-4H3. The second-order valence-electron chi connectivity index (χ2n) is 9.54. The van der Waals surface area contributed by atoms with Gasteiger partial charge in [-0.3, -0.25) is 23.9 Å². The maximum atomic E-state index is 14.1. The number of carbonyl (C=O) groups is 3. The lowest BCUT2D eigenvalue weighted by Crippen LogP contribution is -2.31. The summed E-state index contributed by atoms with van der Waals surface area (Å²) in [6, 6.07) is 18.0. The Morgan fingerprint density at radius 3 is 2.40 bits per heavy atom. The molecule has 0 N–H and O–H groups in total. The van der Waals surface area contributed by atoms with Gasteiger partial charge in [0.05, 0.1) is 17.2 Å². The third kappa shape index (κ3) is 5.35. The van der Waals surface area contributed by atoms with Crippen LogP contribution in [0.3, 0.4) is 0 Å². The molecular formula is C31H30ClN5O4S. The number of aromatic nitrogens is 4. The molecule has 0 aliphatic heterocycles. The van der Waals surface area contributed by atoms with Crippen LogP contribution in [0.1, 0.15) is 57.9 Å². The number of carbonyl (C=O) groups excluding carboxylic acids is 3. The van der Waals surface area contributed by atoms with Crippen molar-refractivity contribution in [2.45, 2.75) is 40.2 Å². The van der Waals surface area contributed by atoms with Gasteiger partial charge in [0.25, 0.3) is 5.91 Å². The van der Waals surface area contributed by atoms with E-state index in [-0.39, 0.29) is 24.9 Å². The molecule has 0 saturated carbocycles. The summed E-state index contributed by atoms with van der Waals surface area (Å²) in [6.45, 7) is 5.81. The highest BCUT2D eigenvalue weighted by Crippen LogP contribution is 2.34. The smallest absolute Gasteiger partial charge is 0.325 e. The first kappa shape index (κ1) is 29.2. The monoisotopic (exact) mass is 603 g/mol. The second kappa shape index (κ2) is 12.3. The minimum absolute atomic E-state index is 0.121. The zero-order valence-electron chi connectivity index (χ0n) is 23.8. The number of thiophene rings is 1. The Balaban J connectivity index is 1.62. The summed E-state index contributed by atoms with van der Waals surface area (Å²) in [5.41, 5.74) is 1.88. The van der Waals surface area contributed by atoms with Crippen LogP contribution < -0.4 is 4.90 Å². The van der Waals surface area contributed by atoms with E-state index in [1.165, 1.54) is 16.2 Å². The van der Waals surface area contributed by atoms with E-state index in [1.54, 1.807) is 53.4 Å². The van der Waals surface area contributed by atoms with Crippen molar-refractivity contribution in [1.29, 1.82) is 0 Å². The van der Waals surface area contributed by atoms with Crippen LogP contribution >= 0.6 is 22.9 Å². The minimum atomic E-state index is -0.444. The Bertz CT molecular complexity index is 1800. The SMILES string of the molecule is CCOC(=O)Cn1c(C(=O)N(C)c2nnc(CC)n2-c2sc(CC)cc2C(=O)c2ccccc2Cl)cc2ccccc21. The first-order chi connectivity index (χ1) is 20.3. The summed E-state index contributed by atoms with van der Waals surface area (Å²) < 4.78 is 8.60. The van der Waals surface area contributed by atoms with Gasteiger partial charge in [-0.25, -0.2) is 0 Å². The number of rotatable bonds is 10. The van der Waals surface area contributed by atoms with Crippen LogP contribution in [0.4, 0.5) is 5.95 Å². The van der Waals surface area contributed by atoms with Crippen molar-refractivity contribution in [3.05, 3.63) is 93.2 Å². The van der Waals surface area contributed by atoms with Gasteiger partial charge in [-0.05, 0) is 43.7 Å². The number of ether oxygens (including phenoxy) is 1. The van der Waals surface area contributed by atoms with Crippen LogP contribution in [0.15, 0.2) is 60.7 Å². The normalized spacial score (nSPS) is 11.2. The molecule has 0 radical (unpaired) electrons. The Labute approximate surface area is 252 Å². The van der Waals surface area contributed by atoms with E-state index in [4.69, 9.17) is 16.3 Å². The molecule has 5 aromatic rings. The molecule has 0 unspecified atom stereocenters. The number of ketones is 1. The molecule has 0 bridgehead atoms. The number of amides is 1. The van der Waals surface area contributed by atoms with Crippen molar-refractivity contribution < 1.29 is 19.1 Å². The van der Waals surface area contributed by atoms with Gasteiger partial charge in [-0.2, -0.15) is 0 Å². The predicted octanol–water partition coefficient (Wildman–Crippen LogP) is 6.13. The zero-order chi connectivity index (χ0) is 30.0. The van der Waals surface area contributed by atoms with Crippen LogP contribution in [0.5, 0.6) is 0 Å². The fraction of sp³-hybridized carbons (Fsp3) is 0.258. The molecular weight excluding hydrogens is 574 g/mol. The molecule has 0 aliphatic rings. The molecule has 1 amide bonds. The molecule has 2 aromatic carbocycles. The molecule has 3 aromatic heterocycles. The molecule has 0 aliphatic carbocycles. The third-order valence-electron chi connectivity index (χ3n) is 6.93. The van der Waals surface area contributed by atoms with E-state index < -0.39 is 11.9 Å². The van der Waals surface area contributed by atoms with Crippen LogP contribution in [0, 0.1) is 0 Å². The van der Waals surface area contributed by atoms with Gasteiger partial charge in [-0.1, -0.05) is 55.8 Å². The van der Waals surface area contributed by atoms with Gasteiger partial charge in [0.2, 0.25) is 5.95 Å². The number of hydrogen-bond donors (Lipinski definition) is 0. The summed E-state index contributed by atoms with van der Waals surface area (Å²) in [5.74, 6) is -0.216. The Morgan fingerprint density at radius 1 is 0.952 bits per heavy atom. The topological polar surface area (TPSA) is 99.3 Å². The molecule has 9 nitrogen and oxygen atoms in total. The Hall–Kier alpha value is -4.28. The van der Waals surface area contributed by atoms with Gasteiger partial charge >= 0.3 is 5.97 Å². The molecule has 0 fully saturated rings. The summed E-state index contributed by atoms with van der Waals surface area (Å²) in [5, 5.41) is 10.6. The van der Waals surface area contributed by atoms with E-state index in [0.29, 0.717) is 39.1 Å². The third-order valence-corrected chi connectivity index (χ3v) is 8.53. The van der Waals surface area contributed by atoms with Crippen LogP contribution in [0.25, 0.3) is 15.9 Å². The first-order valence-electron chi connectivity index (χ1n) is 13.7. The lowest BCUT2D eigenvalue weighted by Gasteiger charge is -2.19. The van der Waals surface area contributed by atoms with E-state index in [0.717, 1.165) is 22.2 Å². The Kier molecular flexibility index (Phi) is 8.56. The fourth-order valence-electron chi connectivity index (χ4n) is 4.84. The van der Waals surface area contributed by atoms with Crippen molar-refractivity contribution in [1.82, 2.24) is 19.3 Å². The molecule has 11 heteroatoms. The van der Waals surface area contributed by atoms with E-state index >= 15 is 0 Å². The number of nitrogens with zero attached hydrogens (tertiary/aromatic N) is 5. The summed E-state index contributed by atoms with van der Waals surface area (Å²) in [6.07, 6.45) is 1.23. The maximum absolute atomic E-state index is 14.1. The van der Waals surface area contributed by atoms with Gasteiger partial charge in [0.15, 0.2) is 5.78 Å². The summed E-state index contributed by atoms with van der Waals surface area (Å²) >= 11 is 7.85. The second-order valence-corrected chi connectivity index (χ2v) is 11.1. The van der Waals surface area contributed by atoms with Gasteiger partial charge in [0.1, 0.15) is 23.1 Å². The highest BCUT2D eigenvalue weighted by Gasteiger charge is 2.29. The molecule has 3 heterocycles. The number of esters is 1. The van der Waals surface area contributed by atoms with Gasteiger partial charge in [0, 0.05) is 34.8 Å². The van der Waals surface area contributed by atoms with Crippen LogP contribution in [-0.4, -0.2) is 50.6 Å². The zero-order valence-corrected chi connectivity index (χ0v) is 25.3. The number of halogens is 1. The average molecular weight is 604 g/mol. The van der Waals surface area contributed by atoms with Gasteiger partial charge in [-0.15, -0.1) is 21.5 Å². The summed E-state index contributed by atoms with van der Waals surface area (Å²) in [7, 11) is 1.61. The highest BCUT2D eigenvalue weighted by atomic mass is 35.5. The van der Waals surface area contributed by atoms with E-state index in [1.807, 2.05) is 44.2 Å². The fourth-order valence-corrected chi connectivity index (χ4v) is 6.17. The van der Waals surface area contributed by atoms with Crippen molar-refractivity contribution >= 4 is 57.4 Å². The minimum Gasteiger partial charge on any atom is -0.465 e. The predicted molar refractivity (Wildman–Crippen MR) is 164 cm³/mol. The molecule has 0 spiro atoms. The van der Waals surface area contributed by atoms with E-state index in [9.17, 15) is 14.4 Å². The van der Waals surface area contributed by atoms with E-state index in [2.05, 4.69) is 10.2 Å². The largest absolute Gasteiger partial charge is 0.465 e. The molecule has 216 valence electrons. The van der Waals surface area contributed by atoms with Gasteiger partial charge < -0.3 is 9.30 Å². The van der Waals surface area contributed by atoms with Crippen molar-refractivity contribution in [3.8, 4) is 5.00 Å². The van der Waals surface area contributed by atoms with Crippen LogP contribution in [0.2, 0.25) is 5.02 Å². The lowest BCUT2D eigenvalue weighted by atomic mass is 10.0. The van der Waals surface area contributed by atoms with Crippen molar-refractivity contribution in [2.24, 2.45) is 0 Å².